The van der Waals surface area contributed by atoms with Crippen molar-refractivity contribution in [3.05, 3.63) is 109 Å². The molecule has 0 bridgehead atoms. The normalized spacial score (nSPS) is 10.8. The van der Waals surface area contributed by atoms with Crippen molar-refractivity contribution in [2.75, 3.05) is 13.4 Å². The van der Waals surface area contributed by atoms with Gasteiger partial charge in [0.15, 0.2) is 0 Å². The lowest BCUT2D eigenvalue weighted by molar-refractivity contribution is 0.415. The largest absolute Gasteiger partial charge is 0.497 e. The van der Waals surface area contributed by atoms with Gasteiger partial charge in [-0.05, 0) is 42.7 Å². The molecule has 162 valence electrons. The van der Waals surface area contributed by atoms with E-state index in [2.05, 4.69) is 95.8 Å². The predicted molar refractivity (Wildman–Crippen MR) is 138 cm³/mol. The molecule has 0 aliphatic carbocycles. The van der Waals surface area contributed by atoms with E-state index in [1.165, 1.54) is 4.90 Å². The predicted octanol–water partition coefficient (Wildman–Crippen LogP) is 7.60. The highest BCUT2D eigenvalue weighted by molar-refractivity contribution is 7.98. The number of hydrogen-bond donors (Lipinski definition) is 0. The summed E-state index contributed by atoms with van der Waals surface area (Å²) >= 11 is 1.74. The summed E-state index contributed by atoms with van der Waals surface area (Å²) in [5, 5.41) is 0. The molecule has 0 N–H and O–H groups in total. The molecule has 5 aromatic rings. The summed E-state index contributed by atoms with van der Waals surface area (Å²) in [5.41, 5.74) is 6.34. The molecule has 0 aliphatic heterocycles. The zero-order valence-electron chi connectivity index (χ0n) is 18.6. The minimum absolute atomic E-state index is 0.828. The van der Waals surface area contributed by atoms with E-state index in [1.54, 1.807) is 18.9 Å². The highest BCUT2D eigenvalue weighted by Crippen LogP contribution is 2.39. The second-order valence-electron chi connectivity index (χ2n) is 7.63. The van der Waals surface area contributed by atoms with Crippen molar-refractivity contribution < 1.29 is 4.74 Å². The third kappa shape index (κ3) is 4.18. The lowest BCUT2D eigenvalue weighted by Crippen LogP contribution is -2.00. The first-order valence-corrected chi connectivity index (χ1v) is 12.0. The molecule has 0 spiro atoms. The molecule has 0 aliphatic rings. The summed E-state index contributed by atoms with van der Waals surface area (Å²) in [5.74, 6) is 1.74. The molecule has 5 rings (SSSR count). The minimum Gasteiger partial charge on any atom is -0.497 e. The Morgan fingerprint density at radius 1 is 0.667 bits per heavy atom. The van der Waals surface area contributed by atoms with E-state index in [0.29, 0.717) is 0 Å². The number of ether oxygens (including phenoxy) is 1. The van der Waals surface area contributed by atoms with Crippen LogP contribution in [0.1, 0.15) is 0 Å². The quantitative estimate of drug-likeness (QED) is 0.250. The van der Waals surface area contributed by atoms with Gasteiger partial charge in [0.1, 0.15) is 11.6 Å². The van der Waals surface area contributed by atoms with Crippen LogP contribution in [0.2, 0.25) is 0 Å². The lowest BCUT2D eigenvalue weighted by Gasteiger charge is -2.14. The van der Waals surface area contributed by atoms with Crippen molar-refractivity contribution in [1.29, 1.82) is 0 Å². The molecule has 0 amide bonds. The summed E-state index contributed by atoms with van der Waals surface area (Å²) in [7, 11) is 1.69. The van der Waals surface area contributed by atoms with Gasteiger partial charge in [-0.2, -0.15) is 0 Å². The van der Waals surface area contributed by atoms with Crippen molar-refractivity contribution >= 4 is 11.8 Å². The van der Waals surface area contributed by atoms with Gasteiger partial charge >= 0.3 is 0 Å². The molecule has 1 heterocycles. The van der Waals surface area contributed by atoms with Crippen LogP contribution in [0.15, 0.2) is 114 Å². The summed E-state index contributed by atoms with van der Waals surface area (Å²) < 4.78 is 7.66. The number of benzene rings is 4. The fourth-order valence-corrected chi connectivity index (χ4v) is 4.40. The molecule has 1 aromatic heterocycles. The molecule has 33 heavy (non-hydrogen) atoms. The molecule has 0 fully saturated rings. The minimum atomic E-state index is 0.828. The first kappa shape index (κ1) is 21.1. The first-order valence-electron chi connectivity index (χ1n) is 10.8. The highest BCUT2D eigenvalue weighted by Gasteiger charge is 2.22. The lowest BCUT2D eigenvalue weighted by atomic mass is 10.0. The topological polar surface area (TPSA) is 27.1 Å². The Balaban J connectivity index is 1.83. The van der Waals surface area contributed by atoms with Crippen molar-refractivity contribution in [3.63, 3.8) is 0 Å². The van der Waals surface area contributed by atoms with Crippen molar-refractivity contribution in [2.24, 2.45) is 0 Å². The molecule has 0 saturated carbocycles. The summed E-state index contributed by atoms with van der Waals surface area (Å²) in [6, 6.07) is 37.6. The van der Waals surface area contributed by atoms with Gasteiger partial charge in [0.05, 0.1) is 18.5 Å². The SMILES string of the molecule is COc1ccc(-n2c(-c3ccc(SC)cc3)nc(-c3ccccc3)c2-c2ccccc2)cc1. The van der Waals surface area contributed by atoms with Crippen molar-refractivity contribution in [2.45, 2.75) is 4.90 Å². The first-order chi connectivity index (χ1) is 16.3. The summed E-state index contributed by atoms with van der Waals surface area (Å²) in [4.78, 5) is 6.46. The van der Waals surface area contributed by atoms with Crippen LogP contribution in [0.5, 0.6) is 5.75 Å². The maximum Gasteiger partial charge on any atom is 0.145 e. The third-order valence-electron chi connectivity index (χ3n) is 5.65. The van der Waals surface area contributed by atoms with Crippen LogP contribution in [-0.2, 0) is 0 Å². The van der Waals surface area contributed by atoms with Gasteiger partial charge in [0, 0.05) is 27.3 Å². The van der Waals surface area contributed by atoms with Crippen LogP contribution in [-0.4, -0.2) is 22.9 Å². The third-order valence-corrected chi connectivity index (χ3v) is 6.39. The highest BCUT2D eigenvalue weighted by atomic mass is 32.2. The Morgan fingerprint density at radius 2 is 1.27 bits per heavy atom. The van der Waals surface area contributed by atoms with Crippen LogP contribution in [0.3, 0.4) is 0 Å². The van der Waals surface area contributed by atoms with E-state index in [-0.39, 0.29) is 0 Å². The van der Waals surface area contributed by atoms with Crippen molar-refractivity contribution in [1.82, 2.24) is 9.55 Å². The number of rotatable bonds is 6. The fraction of sp³-hybridized carbons (Fsp3) is 0.0690. The molecule has 0 radical (unpaired) electrons. The van der Waals surface area contributed by atoms with Gasteiger partial charge in [-0.3, -0.25) is 4.57 Å². The smallest absolute Gasteiger partial charge is 0.145 e. The average Bonchev–Trinajstić information content (AvgIpc) is 3.30. The standard InChI is InChI=1S/C29H24N2OS/c1-32-25-17-15-24(16-18-25)31-28(22-11-7-4-8-12-22)27(21-9-5-3-6-10-21)30-29(31)23-13-19-26(33-2)20-14-23/h3-20H,1-2H3. The zero-order valence-corrected chi connectivity index (χ0v) is 19.4. The van der Waals surface area contributed by atoms with E-state index in [0.717, 1.165) is 45.3 Å². The molecule has 3 nitrogen and oxygen atoms in total. The number of methoxy groups -OCH3 is 1. The second kappa shape index (κ2) is 9.39. The molecule has 0 saturated heterocycles. The Morgan fingerprint density at radius 3 is 1.85 bits per heavy atom. The Labute approximate surface area is 198 Å². The van der Waals surface area contributed by atoms with Crippen molar-refractivity contribution in [3.8, 4) is 45.3 Å². The van der Waals surface area contributed by atoms with Gasteiger partial charge < -0.3 is 4.74 Å². The maximum atomic E-state index is 5.41. The van der Waals surface area contributed by atoms with Gasteiger partial charge in [-0.1, -0.05) is 72.8 Å². The summed E-state index contributed by atoms with van der Waals surface area (Å²) in [6.45, 7) is 0. The monoisotopic (exact) mass is 448 g/mol. The van der Waals surface area contributed by atoms with E-state index in [1.807, 2.05) is 24.3 Å². The van der Waals surface area contributed by atoms with E-state index in [4.69, 9.17) is 9.72 Å². The Kier molecular flexibility index (Phi) is 6.01. The summed E-state index contributed by atoms with van der Waals surface area (Å²) in [6.07, 6.45) is 2.09. The average molecular weight is 449 g/mol. The number of thioether (sulfide) groups is 1. The number of imidazole rings is 1. The van der Waals surface area contributed by atoms with E-state index >= 15 is 0 Å². The molecular weight excluding hydrogens is 424 g/mol. The Bertz CT molecular complexity index is 1340. The van der Waals surface area contributed by atoms with E-state index < -0.39 is 0 Å². The number of aromatic nitrogens is 2. The molecule has 0 unspecified atom stereocenters. The van der Waals surface area contributed by atoms with Crippen LogP contribution < -0.4 is 4.74 Å². The second-order valence-corrected chi connectivity index (χ2v) is 8.51. The maximum absolute atomic E-state index is 5.41. The van der Waals surface area contributed by atoms with Gasteiger partial charge in [0.2, 0.25) is 0 Å². The van der Waals surface area contributed by atoms with Crippen LogP contribution in [0.25, 0.3) is 39.6 Å². The van der Waals surface area contributed by atoms with Crippen LogP contribution in [0, 0.1) is 0 Å². The number of hydrogen-bond acceptors (Lipinski definition) is 3. The van der Waals surface area contributed by atoms with E-state index in [9.17, 15) is 0 Å². The zero-order chi connectivity index (χ0) is 22.6. The van der Waals surface area contributed by atoms with Crippen LogP contribution >= 0.6 is 11.8 Å². The van der Waals surface area contributed by atoms with Gasteiger partial charge in [-0.25, -0.2) is 4.98 Å². The fourth-order valence-electron chi connectivity index (χ4n) is 4.00. The van der Waals surface area contributed by atoms with Crippen LogP contribution in [0.4, 0.5) is 0 Å². The molecule has 4 heteroatoms. The molecule has 0 atom stereocenters. The number of nitrogens with zero attached hydrogens (tertiary/aromatic N) is 2. The van der Waals surface area contributed by atoms with Gasteiger partial charge in [0.25, 0.3) is 0 Å². The molecular formula is C29H24N2OS. The Hall–Kier alpha value is -3.76. The van der Waals surface area contributed by atoms with Gasteiger partial charge in [-0.15, -0.1) is 11.8 Å². The molecule has 4 aromatic carbocycles.